The zero-order valence-corrected chi connectivity index (χ0v) is 11.8. The molecule has 0 heterocycles. The van der Waals surface area contributed by atoms with Crippen LogP contribution in [-0.2, 0) is 14.8 Å². The number of sulfonamides is 1. The highest BCUT2D eigenvalue weighted by Crippen LogP contribution is 1.98. The van der Waals surface area contributed by atoms with Gasteiger partial charge in [-0.1, -0.05) is 13.8 Å². The van der Waals surface area contributed by atoms with Crippen molar-refractivity contribution in [1.82, 2.24) is 4.72 Å². The van der Waals surface area contributed by atoms with Crippen LogP contribution in [0.1, 0.15) is 33.1 Å². The first-order chi connectivity index (χ1) is 7.98. The fourth-order valence-electron chi connectivity index (χ4n) is 1.20. The van der Waals surface area contributed by atoms with Crippen LogP contribution in [0.4, 0.5) is 0 Å². The van der Waals surface area contributed by atoms with E-state index in [1.807, 2.05) is 0 Å². The minimum Gasteiger partial charge on any atom is -0.380 e. The minimum atomic E-state index is -3.14. The van der Waals surface area contributed by atoms with Gasteiger partial charge in [0.15, 0.2) is 0 Å². The van der Waals surface area contributed by atoms with E-state index in [1.165, 1.54) is 0 Å². The summed E-state index contributed by atoms with van der Waals surface area (Å²) in [5.41, 5.74) is 5.30. The van der Waals surface area contributed by atoms with Crippen molar-refractivity contribution in [1.29, 1.82) is 0 Å². The van der Waals surface area contributed by atoms with Crippen LogP contribution in [0.5, 0.6) is 0 Å². The lowest BCUT2D eigenvalue weighted by Crippen LogP contribution is -2.30. The van der Waals surface area contributed by atoms with Crippen LogP contribution in [0, 0.1) is 5.92 Å². The van der Waals surface area contributed by atoms with Crippen LogP contribution in [0.3, 0.4) is 0 Å². The Morgan fingerprint density at radius 1 is 1.24 bits per heavy atom. The van der Waals surface area contributed by atoms with Crippen molar-refractivity contribution in [2.24, 2.45) is 11.7 Å². The smallest absolute Gasteiger partial charge is 0.211 e. The van der Waals surface area contributed by atoms with E-state index in [-0.39, 0.29) is 5.75 Å². The van der Waals surface area contributed by atoms with Gasteiger partial charge in [0.05, 0.1) is 12.4 Å². The topological polar surface area (TPSA) is 81.4 Å². The normalized spacial score (nSPS) is 12.2. The molecule has 0 rings (SSSR count). The molecule has 104 valence electrons. The lowest BCUT2D eigenvalue weighted by atomic mass is 10.1. The molecular formula is C11H26N2O3S. The molecule has 5 nitrogen and oxygen atoms in total. The SMILES string of the molecule is CC(C)CCOCCNS(=O)(=O)CCCCN. The number of ether oxygens (including phenoxy) is 1. The molecule has 0 unspecified atom stereocenters. The Balaban J connectivity index is 3.46. The summed E-state index contributed by atoms with van der Waals surface area (Å²) < 4.78 is 30.7. The van der Waals surface area contributed by atoms with Gasteiger partial charge in [-0.15, -0.1) is 0 Å². The first-order valence-electron chi connectivity index (χ1n) is 6.23. The summed E-state index contributed by atoms with van der Waals surface area (Å²) in [6.45, 7) is 6.26. The standard InChI is InChI=1S/C11H26N2O3S/c1-11(2)5-8-16-9-7-13-17(14,15)10-4-3-6-12/h11,13H,3-10,12H2,1-2H3. The van der Waals surface area contributed by atoms with E-state index in [9.17, 15) is 8.42 Å². The number of unbranched alkanes of at least 4 members (excludes halogenated alkanes) is 1. The zero-order chi connectivity index (χ0) is 13.1. The second-order valence-corrected chi connectivity index (χ2v) is 6.43. The van der Waals surface area contributed by atoms with Gasteiger partial charge in [0.1, 0.15) is 0 Å². The van der Waals surface area contributed by atoms with Crippen LogP contribution >= 0.6 is 0 Å². The van der Waals surface area contributed by atoms with Crippen LogP contribution in [0.25, 0.3) is 0 Å². The summed E-state index contributed by atoms with van der Waals surface area (Å²) in [7, 11) is -3.14. The fourth-order valence-corrected chi connectivity index (χ4v) is 2.32. The van der Waals surface area contributed by atoms with E-state index in [0.29, 0.717) is 38.6 Å². The molecule has 0 aliphatic rings. The molecule has 0 saturated heterocycles. The van der Waals surface area contributed by atoms with Gasteiger partial charge in [-0.3, -0.25) is 0 Å². The quantitative estimate of drug-likeness (QED) is 0.540. The molecular weight excluding hydrogens is 240 g/mol. The lowest BCUT2D eigenvalue weighted by molar-refractivity contribution is 0.128. The number of nitrogens with two attached hydrogens (primary N) is 1. The van der Waals surface area contributed by atoms with Crippen molar-refractivity contribution < 1.29 is 13.2 Å². The maximum Gasteiger partial charge on any atom is 0.211 e. The molecule has 0 aromatic rings. The summed E-state index contributed by atoms with van der Waals surface area (Å²) in [6, 6.07) is 0. The number of hydrogen-bond acceptors (Lipinski definition) is 4. The molecule has 17 heavy (non-hydrogen) atoms. The molecule has 0 aliphatic heterocycles. The molecule has 0 amide bonds. The molecule has 6 heteroatoms. The molecule has 0 aromatic carbocycles. The summed E-state index contributed by atoms with van der Waals surface area (Å²) in [6.07, 6.45) is 2.36. The summed E-state index contributed by atoms with van der Waals surface area (Å²) in [4.78, 5) is 0. The van der Waals surface area contributed by atoms with Crippen LogP contribution in [0.2, 0.25) is 0 Å². The molecule has 0 spiro atoms. The molecule has 0 radical (unpaired) electrons. The van der Waals surface area contributed by atoms with Gasteiger partial charge in [-0.05, 0) is 31.7 Å². The Kier molecular flexibility index (Phi) is 9.72. The maximum absolute atomic E-state index is 11.4. The van der Waals surface area contributed by atoms with Gasteiger partial charge in [0.2, 0.25) is 10.0 Å². The third-order valence-corrected chi connectivity index (χ3v) is 3.75. The summed E-state index contributed by atoms with van der Waals surface area (Å²) >= 11 is 0. The lowest BCUT2D eigenvalue weighted by Gasteiger charge is -2.08. The summed E-state index contributed by atoms with van der Waals surface area (Å²) in [5, 5.41) is 0. The predicted molar refractivity (Wildman–Crippen MR) is 70.4 cm³/mol. The van der Waals surface area contributed by atoms with E-state index in [4.69, 9.17) is 10.5 Å². The summed E-state index contributed by atoms with van der Waals surface area (Å²) in [5.74, 6) is 0.763. The highest BCUT2D eigenvalue weighted by Gasteiger charge is 2.08. The highest BCUT2D eigenvalue weighted by atomic mass is 32.2. The van der Waals surface area contributed by atoms with Gasteiger partial charge < -0.3 is 10.5 Å². The van der Waals surface area contributed by atoms with Crippen molar-refractivity contribution in [3.63, 3.8) is 0 Å². The van der Waals surface area contributed by atoms with Crippen molar-refractivity contribution in [3.8, 4) is 0 Å². The number of hydrogen-bond donors (Lipinski definition) is 2. The molecule has 0 atom stereocenters. The van der Waals surface area contributed by atoms with Gasteiger partial charge in [0, 0.05) is 13.2 Å². The van der Waals surface area contributed by atoms with Crippen molar-refractivity contribution in [3.05, 3.63) is 0 Å². The monoisotopic (exact) mass is 266 g/mol. The Bertz CT molecular complexity index is 266. The van der Waals surface area contributed by atoms with Crippen LogP contribution < -0.4 is 10.5 Å². The Morgan fingerprint density at radius 2 is 1.94 bits per heavy atom. The van der Waals surface area contributed by atoms with E-state index < -0.39 is 10.0 Å². The zero-order valence-electron chi connectivity index (χ0n) is 10.9. The largest absolute Gasteiger partial charge is 0.380 e. The molecule has 0 saturated carbocycles. The molecule has 0 aromatic heterocycles. The second-order valence-electron chi connectivity index (χ2n) is 4.50. The average molecular weight is 266 g/mol. The van der Waals surface area contributed by atoms with Gasteiger partial charge >= 0.3 is 0 Å². The first-order valence-corrected chi connectivity index (χ1v) is 7.88. The van der Waals surface area contributed by atoms with Crippen molar-refractivity contribution >= 4 is 10.0 Å². The van der Waals surface area contributed by atoms with Gasteiger partial charge in [-0.25, -0.2) is 13.1 Å². The number of rotatable bonds is 11. The van der Waals surface area contributed by atoms with Crippen LogP contribution in [0.15, 0.2) is 0 Å². The molecule has 3 N–H and O–H groups in total. The van der Waals surface area contributed by atoms with Crippen molar-refractivity contribution in [2.75, 3.05) is 32.1 Å². The molecule has 0 fully saturated rings. The highest BCUT2D eigenvalue weighted by molar-refractivity contribution is 7.89. The van der Waals surface area contributed by atoms with E-state index in [0.717, 1.165) is 12.8 Å². The molecule has 0 bridgehead atoms. The van der Waals surface area contributed by atoms with Gasteiger partial charge in [0.25, 0.3) is 0 Å². The third kappa shape index (κ3) is 12.1. The van der Waals surface area contributed by atoms with E-state index >= 15 is 0 Å². The van der Waals surface area contributed by atoms with E-state index in [2.05, 4.69) is 18.6 Å². The Hall–Kier alpha value is -0.170. The average Bonchev–Trinajstić information content (AvgIpc) is 2.23. The third-order valence-electron chi connectivity index (χ3n) is 2.28. The van der Waals surface area contributed by atoms with E-state index in [1.54, 1.807) is 0 Å². The predicted octanol–water partition coefficient (Wildman–Crippen LogP) is 0.707. The van der Waals surface area contributed by atoms with Gasteiger partial charge in [-0.2, -0.15) is 0 Å². The number of nitrogens with one attached hydrogen (secondary N) is 1. The Labute approximate surface area is 105 Å². The fraction of sp³-hybridized carbons (Fsp3) is 1.00. The van der Waals surface area contributed by atoms with Crippen LogP contribution in [-0.4, -0.2) is 40.5 Å². The Morgan fingerprint density at radius 3 is 2.53 bits per heavy atom. The van der Waals surface area contributed by atoms with Crippen molar-refractivity contribution in [2.45, 2.75) is 33.1 Å². The molecule has 0 aliphatic carbocycles. The minimum absolute atomic E-state index is 0.149. The second kappa shape index (κ2) is 9.82. The maximum atomic E-state index is 11.4. The first kappa shape index (κ1) is 16.8.